The Morgan fingerprint density at radius 1 is 0.860 bits per heavy atom. The molecule has 0 bridgehead atoms. The standard InChI is InChI=1S/C35H32N4O4/c1-38-30-23-39(29(20-24-12-5-2-6-13-24)33(40)36-22-25-14-7-3-8-15-25)34(41)31(30)32(37-35(38)42)26-16-11-19-28(21-26)43-27-17-9-4-10-18-27/h2-19,21,29,32H,20,22-23H2,1H3,(H,36,40)(H,37,42)/t29-,32-/m1/s1. The summed E-state index contributed by atoms with van der Waals surface area (Å²) in [6.07, 6.45) is 0.337. The highest BCUT2D eigenvalue weighted by Crippen LogP contribution is 2.38. The monoisotopic (exact) mass is 572 g/mol. The highest BCUT2D eigenvalue weighted by molar-refractivity contribution is 6.03. The summed E-state index contributed by atoms with van der Waals surface area (Å²) in [7, 11) is 1.65. The molecule has 8 nitrogen and oxygen atoms in total. The Morgan fingerprint density at radius 3 is 2.19 bits per heavy atom. The van der Waals surface area contributed by atoms with E-state index in [1.807, 2.05) is 115 Å². The first-order chi connectivity index (χ1) is 21.0. The lowest BCUT2D eigenvalue weighted by molar-refractivity contribution is -0.136. The molecule has 2 heterocycles. The van der Waals surface area contributed by atoms with Crippen LogP contribution in [0.4, 0.5) is 4.79 Å². The zero-order chi connectivity index (χ0) is 29.8. The van der Waals surface area contributed by atoms with Crippen LogP contribution in [0.25, 0.3) is 0 Å². The second-order valence-electron chi connectivity index (χ2n) is 10.6. The Balaban J connectivity index is 1.29. The first-order valence-electron chi connectivity index (χ1n) is 14.2. The summed E-state index contributed by atoms with van der Waals surface area (Å²) in [4.78, 5) is 44.1. The third kappa shape index (κ3) is 5.99. The van der Waals surface area contributed by atoms with E-state index in [1.165, 1.54) is 4.90 Å². The molecule has 43 heavy (non-hydrogen) atoms. The van der Waals surface area contributed by atoms with Crippen molar-refractivity contribution in [3.05, 3.63) is 143 Å². The number of amides is 4. The quantitative estimate of drug-likeness (QED) is 0.289. The lowest BCUT2D eigenvalue weighted by Crippen LogP contribution is -2.49. The van der Waals surface area contributed by atoms with Crippen molar-refractivity contribution in [2.45, 2.75) is 25.0 Å². The van der Waals surface area contributed by atoms with Gasteiger partial charge in [-0.25, -0.2) is 4.79 Å². The number of carbonyl (C=O) groups excluding carboxylic acids is 3. The molecule has 0 aliphatic carbocycles. The van der Waals surface area contributed by atoms with Crippen LogP contribution in [-0.2, 0) is 22.6 Å². The number of likely N-dealkylation sites (N-methyl/N-ethyl adjacent to an activating group) is 1. The van der Waals surface area contributed by atoms with Gasteiger partial charge in [0.25, 0.3) is 5.91 Å². The van der Waals surface area contributed by atoms with Crippen LogP contribution in [0.2, 0.25) is 0 Å². The van der Waals surface area contributed by atoms with E-state index in [2.05, 4.69) is 10.6 Å². The van der Waals surface area contributed by atoms with Crippen LogP contribution >= 0.6 is 0 Å². The summed E-state index contributed by atoms with van der Waals surface area (Å²) in [5.74, 6) is 0.735. The molecule has 0 unspecified atom stereocenters. The van der Waals surface area contributed by atoms with Gasteiger partial charge in [-0.2, -0.15) is 0 Å². The zero-order valence-corrected chi connectivity index (χ0v) is 23.8. The molecule has 4 aromatic carbocycles. The molecule has 4 amide bonds. The molecule has 0 radical (unpaired) electrons. The Kier molecular flexibility index (Phi) is 7.91. The molecule has 0 spiro atoms. The predicted octanol–water partition coefficient (Wildman–Crippen LogP) is 5.20. The largest absolute Gasteiger partial charge is 0.457 e. The topological polar surface area (TPSA) is 91.0 Å². The lowest BCUT2D eigenvalue weighted by atomic mass is 9.95. The molecule has 6 rings (SSSR count). The molecule has 216 valence electrons. The zero-order valence-electron chi connectivity index (χ0n) is 23.8. The van der Waals surface area contributed by atoms with Gasteiger partial charge >= 0.3 is 6.03 Å². The number of ether oxygens (including phenoxy) is 1. The van der Waals surface area contributed by atoms with Crippen molar-refractivity contribution in [3.63, 3.8) is 0 Å². The third-order valence-corrected chi connectivity index (χ3v) is 7.82. The van der Waals surface area contributed by atoms with E-state index in [4.69, 9.17) is 4.74 Å². The first-order valence-corrected chi connectivity index (χ1v) is 14.2. The maximum absolute atomic E-state index is 14.2. The number of para-hydroxylation sites is 1. The van der Waals surface area contributed by atoms with Crippen molar-refractivity contribution >= 4 is 17.8 Å². The van der Waals surface area contributed by atoms with Crippen LogP contribution in [0.3, 0.4) is 0 Å². The Morgan fingerprint density at radius 2 is 1.49 bits per heavy atom. The smallest absolute Gasteiger partial charge is 0.322 e. The van der Waals surface area contributed by atoms with E-state index >= 15 is 0 Å². The minimum atomic E-state index is -0.777. The molecule has 0 saturated heterocycles. The van der Waals surface area contributed by atoms with E-state index in [1.54, 1.807) is 11.9 Å². The van der Waals surface area contributed by atoms with Crippen molar-refractivity contribution in [3.8, 4) is 11.5 Å². The van der Waals surface area contributed by atoms with Gasteiger partial charge < -0.3 is 20.3 Å². The molecular formula is C35H32N4O4. The average Bonchev–Trinajstić information content (AvgIpc) is 3.39. The third-order valence-electron chi connectivity index (χ3n) is 7.82. The van der Waals surface area contributed by atoms with E-state index < -0.39 is 12.1 Å². The summed E-state index contributed by atoms with van der Waals surface area (Å²) in [6, 6.07) is 34.3. The van der Waals surface area contributed by atoms with Gasteiger partial charge in [0.05, 0.1) is 23.9 Å². The molecule has 0 fully saturated rings. The van der Waals surface area contributed by atoms with Gasteiger partial charge in [0.15, 0.2) is 0 Å². The first kappa shape index (κ1) is 27.8. The minimum absolute atomic E-state index is 0.144. The van der Waals surface area contributed by atoms with Crippen molar-refractivity contribution in [1.29, 1.82) is 0 Å². The second kappa shape index (κ2) is 12.2. The number of urea groups is 1. The van der Waals surface area contributed by atoms with Gasteiger partial charge in [-0.3, -0.25) is 14.5 Å². The van der Waals surface area contributed by atoms with E-state index in [0.717, 1.165) is 11.1 Å². The van der Waals surface area contributed by atoms with Crippen LogP contribution in [0.1, 0.15) is 22.7 Å². The van der Waals surface area contributed by atoms with Gasteiger partial charge in [0, 0.05) is 20.0 Å². The van der Waals surface area contributed by atoms with Gasteiger partial charge in [0.1, 0.15) is 17.5 Å². The Hall–Kier alpha value is -5.37. The molecule has 2 aliphatic rings. The van der Waals surface area contributed by atoms with E-state index in [0.29, 0.717) is 41.3 Å². The van der Waals surface area contributed by atoms with Gasteiger partial charge in [0.2, 0.25) is 5.91 Å². The summed E-state index contributed by atoms with van der Waals surface area (Å²) in [5.41, 5.74) is 3.65. The molecule has 0 saturated carbocycles. The fraction of sp³-hybridized carbons (Fsp3) is 0.171. The van der Waals surface area contributed by atoms with Crippen LogP contribution in [0.15, 0.2) is 127 Å². The molecule has 2 N–H and O–H groups in total. The molecular weight excluding hydrogens is 540 g/mol. The van der Waals surface area contributed by atoms with Crippen molar-refractivity contribution in [2.24, 2.45) is 0 Å². The van der Waals surface area contributed by atoms with Crippen molar-refractivity contribution < 1.29 is 19.1 Å². The van der Waals surface area contributed by atoms with Gasteiger partial charge in [-0.15, -0.1) is 0 Å². The maximum atomic E-state index is 14.2. The number of hydrogen-bond acceptors (Lipinski definition) is 4. The van der Waals surface area contributed by atoms with Crippen molar-refractivity contribution in [1.82, 2.24) is 20.4 Å². The number of benzene rings is 4. The number of nitrogens with zero attached hydrogens (tertiary/aromatic N) is 2. The highest BCUT2D eigenvalue weighted by Gasteiger charge is 2.46. The Labute approximate surface area is 250 Å². The molecule has 0 aromatic heterocycles. The number of nitrogens with one attached hydrogen (secondary N) is 2. The van der Waals surface area contributed by atoms with E-state index in [-0.39, 0.29) is 24.4 Å². The maximum Gasteiger partial charge on any atom is 0.322 e. The predicted molar refractivity (Wildman–Crippen MR) is 163 cm³/mol. The summed E-state index contributed by atoms with van der Waals surface area (Å²) < 4.78 is 6.03. The second-order valence-corrected chi connectivity index (χ2v) is 10.6. The van der Waals surface area contributed by atoms with Crippen molar-refractivity contribution in [2.75, 3.05) is 13.6 Å². The van der Waals surface area contributed by atoms with Crippen LogP contribution < -0.4 is 15.4 Å². The average molecular weight is 573 g/mol. The SMILES string of the molecule is CN1C(=O)N[C@H](c2cccc(Oc3ccccc3)c2)C2=C1CN([C@H](Cc1ccccc1)C(=O)NCc1ccccc1)C2=O. The summed E-state index contributed by atoms with van der Waals surface area (Å²) in [5, 5.41) is 6.01. The molecule has 8 heteroatoms. The molecule has 4 aromatic rings. The summed E-state index contributed by atoms with van der Waals surface area (Å²) in [6.45, 7) is 0.488. The number of carbonyl (C=O) groups is 3. The van der Waals surface area contributed by atoms with Crippen LogP contribution in [0, 0.1) is 0 Å². The number of hydrogen-bond donors (Lipinski definition) is 2. The van der Waals surface area contributed by atoms with Gasteiger partial charge in [-0.1, -0.05) is 91.0 Å². The fourth-order valence-electron chi connectivity index (χ4n) is 5.56. The Bertz CT molecular complexity index is 1660. The minimum Gasteiger partial charge on any atom is -0.457 e. The van der Waals surface area contributed by atoms with Crippen LogP contribution in [-0.4, -0.2) is 47.3 Å². The molecule has 2 aliphatic heterocycles. The molecule has 2 atom stereocenters. The highest BCUT2D eigenvalue weighted by atomic mass is 16.5. The lowest BCUT2D eigenvalue weighted by Gasteiger charge is -2.31. The van der Waals surface area contributed by atoms with E-state index in [9.17, 15) is 14.4 Å². The summed E-state index contributed by atoms with van der Waals surface area (Å²) >= 11 is 0. The van der Waals surface area contributed by atoms with Gasteiger partial charge in [-0.05, 0) is 41.0 Å². The fourth-order valence-corrected chi connectivity index (χ4v) is 5.56. The number of rotatable bonds is 9. The van der Waals surface area contributed by atoms with Crippen LogP contribution in [0.5, 0.6) is 11.5 Å². The normalized spacial score (nSPS) is 16.9.